The zero-order chi connectivity index (χ0) is 22.9. The summed E-state index contributed by atoms with van der Waals surface area (Å²) in [4.78, 5) is 24.2. The maximum atomic E-state index is 12.2. The van der Waals surface area contributed by atoms with Gasteiger partial charge in [-0.1, -0.05) is 41.9 Å². The molecule has 0 aliphatic carbocycles. The Bertz CT molecular complexity index is 1040. The summed E-state index contributed by atoms with van der Waals surface area (Å²) in [6.07, 6.45) is 1.60. The van der Waals surface area contributed by atoms with Crippen molar-refractivity contribution in [2.75, 3.05) is 13.2 Å². The van der Waals surface area contributed by atoms with Crippen LogP contribution in [0.2, 0.25) is 5.02 Å². The molecule has 6 heteroatoms. The van der Waals surface area contributed by atoms with Gasteiger partial charge in [0.2, 0.25) is 0 Å². The fourth-order valence-electron chi connectivity index (χ4n) is 3.12. The molecule has 0 aliphatic heterocycles. The monoisotopic (exact) mass is 452 g/mol. The van der Waals surface area contributed by atoms with Gasteiger partial charge in [0.1, 0.15) is 11.5 Å². The van der Waals surface area contributed by atoms with E-state index in [9.17, 15) is 9.59 Å². The summed E-state index contributed by atoms with van der Waals surface area (Å²) in [6.45, 7) is 3.84. The first-order valence-electron chi connectivity index (χ1n) is 10.3. The van der Waals surface area contributed by atoms with E-state index in [0.717, 1.165) is 24.0 Å². The predicted octanol–water partition coefficient (Wildman–Crippen LogP) is 5.73. The van der Waals surface area contributed by atoms with Gasteiger partial charge in [0.15, 0.2) is 6.61 Å². The number of carbonyl (C=O) groups excluding carboxylic acids is 2. The van der Waals surface area contributed by atoms with Crippen LogP contribution in [0.4, 0.5) is 0 Å². The first-order valence-corrected chi connectivity index (χ1v) is 10.7. The number of rotatable bonds is 9. The molecule has 3 rings (SSSR count). The fraction of sp³-hybridized carbons (Fsp3) is 0.231. The normalized spacial score (nSPS) is 10.5. The van der Waals surface area contributed by atoms with Gasteiger partial charge < -0.3 is 14.2 Å². The van der Waals surface area contributed by atoms with Gasteiger partial charge in [-0.2, -0.15) is 0 Å². The molecule has 0 spiro atoms. The number of halogens is 1. The molecule has 0 atom stereocenters. The van der Waals surface area contributed by atoms with E-state index in [4.69, 9.17) is 25.8 Å². The third-order valence-electron chi connectivity index (χ3n) is 4.77. The summed E-state index contributed by atoms with van der Waals surface area (Å²) in [7, 11) is 0. The second-order valence-electron chi connectivity index (χ2n) is 7.38. The van der Waals surface area contributed by atoms with Crippen molar-refractivity contribution in [3.8, 4) is 11.5 Å². The molecule has 0 bridgehead atoms. The van der Waals surface area contributed by atoms with Gasteiger partial charge in [-0.05, 0) is 79.8 Å². The fourth-order valence-corrected chi connectivity index (χ4v) is 3.23. The number of esters is 2. The lowest BCUT2D eigenvalue weighted by Crippen LogP contribution is -2.18. The van der Waals surface area contributed by atoms with Gasteiger partial charge >= 0.3 is 11.9 Å². The summed E-state index contributed by atoms with van der Waals surface area (Å²) in [5.74, 6) is -0.0892. The van der Waals surface area contributed by atoms with E-state index in [1.54, 1.807) is 36.4 Å². The molecule has 5 nitrogen and oxygen atoms in total. The third kappa shape index (κ3) is 6.86. The number of ether oxygens (including phenoxy) is 3. The van der Waals surface area contributed by atoms with E-state index in [1.807, 2.05) is 44.2 Å². The smallest absolute Gasteiger partial charge is 0.349 e. The number of carbonyl (C=O) groups is 2. The number of hydrogen-bond donors (Lipinski definition) is 0. The van der Waals surface area contributed by atoms with E-state index in [-0.39, 0.29) is 6.61 Å². The molecule has 166 valence electrons. The van der Waals surface area contributed by atoms with Crippen molar-refractivity contribution in [3.05, 3.63) is 94.0 Å². The lowest BCUT2D eigenvalue weighted by molar-refractivity contribution is -0.136. The molecule has 0 saturated heterocycles. The highest BCUT2D eigenvalue weighted by molar-refractivity contribution is 6.32. The molecule has 0 saturated carbocycles. The van der Waals surface area contributed by atoms with E-state index < -0.39 is 11.9 Å². The zero-order valence-electron chi connectivity index (χ0n) is 18.1. The highest BCUT2D eigenvalue weighted by atomic mass is 35.5. The molecular formula is C26H25ClO5. The van der Waals surface area contributed by atoms with Gasteiger partial charge in [-0.3, -0.25) is 0 Å². The van der Waals surface area contributed by atoms with Gasteiger partial charge in [0.05, 0.1) is 12.2 Å². The van der Waals surface area contributed by atoms with Crippen LogP contribution in [0.15, 0.2) is 66.7 Å². The van der Waals surface area contributed by atoms with E-state index in [0.29, 0.717) is 28.7 Å². The van der Waals surface area contributed by atoms with Crippen LogP contribution in [-0.4, -0.2) is 25.2 Å². The zero-order valence-corrected chi connectivity index (χ0v) is 18.9. The van der Waals surface area contributed by atoms with E-state index >= 15 is 0 Å². The summed E-state index contributed by atoms with van der Waals surface area (Å²) >= 11 is 6.14. The van der Waals surface area contributed by atoms with Gasteiger partial charge in [0.25, 0.3) is 0 Å². The molecule has 0 amide bonds. The van der Waals surface area contributed by atoms with Gasteiger partial charge in [-0.25, -0.2) is 9.59 Å². The van der Waals surface area contributed by atoms with Gasteiger partial charge in [-0.15, -0.1) is 0 Å². The predicted molar refractivity (Wildman–Crippen MR) is 124 cm³/mol. The van der Waals surface area contributed by atoms with Crippen molar-refractivity contribution in [1.82, 2.24) is 0 Å². The topological polar surface area (TPSA) is 61.8 Å². The standard InChI is InChI=1S/C26H25ClO5/c1-18-15-23(16-19(2)25(18)27)31-17-24(28)32-22-12-10-21(11-13-22)26(29)30-14-6-9-20-7-4-3-5-8-20/h3-5,7-8,10-13,15-16H,6,9,14,17H2,1-2H3. The molecule has 0 radical (unpaired) electrons. The van der Waals surface area contributed by atoms with Crippen LogP contribution in [0.1, 0.15) is 33.5 Å². The quantitative estimate of drug-likeness (QED) is 0.235. The Morgan fingerprint density at radius 2 is 1.53 bits per heavy atom. The average molecular weight is 453 g/mol. The van der Waals surface area contributed by atoms with Crippen molar-refractivity contribution in [2.45, 2.75) is 26.7 Å². The summed E-state index contributed by atoms with van der Waals surface area (Å²) < 4.78 is 16.1. The van der Waals surface area contributed by atoms with Crippen molar-refractivity contribution >= 4 is 23.5 Å². The Hall–Kier alpha value is -3.31. The number of hydrogen-bond acceptors (Lipinski definition) is 5. The van der Waals surface area contributed by atoms with E-state index in [1.165, 1.54) is 5.56 Å². The number of aryl methyl sites for hydroxylation is 3. The molecule has 0 unspecified atom stereocenters. The largest absolute Gasteiger partial charge is 0.482 e. The highest BCUT2D eigenvalue weighted by Gasteiger charge is 2.11. The van der Waals surface area contributed by atoms with Crippen LogP contribution < -0.4 is 9.47 Å². The first-order chi connectivity index (χ1) is 15.4. The summed E-state index contributed by atoms with van der Waals surface area (Å²) in [5.41, 5.74) is 3.35. The highest BCUT2D eigenvalue weighted by Crippen LogP contribution is 2.26. The Labute approximate surface area is 192 Å². The molecule has 0 heterocycles. The third-order valence-corrected chi connectivity index (χ3v) is 5.37. The average Bonchev–Trinajstić information content (AvgIpc) is 2.80. The number of benzene rings is 3. The van der Waals surface area contributed by atoms with Crippen LogP contribution in [0, 0.1) is 13.8 Å². The van der Waals surface area contributed by atoms with Crippen LogP contribution in [0.3, 0.4) is 0 Å². The SMILES string of the molecule is Cc1cc(OCC(=O)Oc2ccc(C(=O)OCCCc3ccccc3)cc2)cc(C)c1Cl. The van der Waals surface area contributed by atoms with Crippen molar-refractivity contribution < 1.29 is 23.8 Å². The maximum absolute atomic E-state index is 12.2. The molecular weight excluding hydrogens is 428 g/mol. The van der Waals surface area contributed by atoms with Crippen molar-refractivity contribution in [2.24, 2.45) is 0 Å². The second kappa shape index (κ2) is 11.3. The first kappa shape index (κ1) is 23.4. The second-order valence-corrected chi connectivity index (χ2v) is 7.76. The molecule has 3 aromatic carbocycles. The van der Waals surface area contributed by atoms with Crippen LogP contribution >= 0.6 is 11.6 Å². The summed E-state index contributed by atoms with van der Waals surface area (Å²) in [5, 5.41) is 0.676. The van der Waals surface area contributed by atoms with Crippen LogP contribution in [0.25, 0.3) is 0 Å². The lowest BCUT2D eigenvalue weighted by atomic mass is 10.1. The van der Waals surface area contributed by atoms with Crippen LogP contribution in [0.5, 0.6) is 11.5 Å². The lowest BCUT2D eigenvalue weighted by Gasteiger charge is -2.10. The molecule has 0 N–H and O–H groups in total. The minimum atomic E-state index is -0.550. The Kier molecular flexibility index (Phi) is 8.28. The molecule has 0 aromatic heterocycles. The Morgan fingerprint density at radius 1 is 0.875 bits per heavy atom. The minimum Gasteiger partial charge on any atom is -0.482 e. The van der Waals surface area contributed by atoms with E-state index in [2.05, 4.69) is 0 Å². The molecule has 0 fully saturated rings. The molecule has 32 heavy (non-hydrogen) atoms. The van der Waals surface area contributed by atoms with Crippen molar-refractivity contribution in [1.29, 1.82) is 0 Å². The Morgan fingerprint density at radius 3 is 2.19 bits per heavy atom. The van der Waals surface area contributed by atoms with Gasteiger partial charge in [0, 0.05) is 5.02 Å². The molecule has 0 aliphatic rings. The van der Waals surface area contributed by atoms with Crippen molar-refractivity contribution in [3.63, 3.8) is 0 Å². The minimum absolute atomic E-state index is 0.244. The van der Waals surface area contributed by atoms with Crippen LogP contribution in [-0.2, 0) is 16.0 Å². The Balaban J connectivity index is 1.42. The molecule has 3 aromatic rings. The maximum Gasteiger partial charge on any atom is 0.349 e. The summed E-state index contributed by atoms with van der Waals surface area (Å²) in [6, 6.07) is 19.8.